The molecule has 0 spiro atoms. The number of benzene rings is 6. The molecule has 0 atom stereocenters. The molecule has 0 unspecified atom stereocenters. The molecule has 0 radical (unpaired) electrons. The zero-order chi connectivity index (χ0) is 25.9. The van der Waals surface area contributed by atoms with E-state index >= 15 is 0 Å². The molecule has 0 amide bonds. The number of hydrogen-bond donors (Lipinski definition) is 0. The molecule has 6 aromatic carbocycles. The molecule has 4 heteroatoms. The van der Waals surface area contributed by atoms with Crippen LogP contribution in [0.15, 0.2) is 124 Å². The molecule has 3 nitrogen and oxygen atoms in total. The summed E-state index contributed by atoms with van der Waals surface area (Å²) in [6.07, 6.45) is 0. The van der Waals surface area contributed by atoms with Crippen LogP contribution in [-0.4, -0.2) is 4.57 Å². The molecule has 4 aromatic heterocycles. The molecule has 10 rings (SSSR count). The van der Waals surface area contributed by atoms with E-state index in [0.717, 1.165) is 49.6 Å². The lowest BCUT2D eigenvalue weighted by Gasteiger charge is -2.09. The van der Waals surface area contributed by atoms with Crippen LogP contribution in [0.1, 0.15) is 0 Å². The van der Waals surface area contributed by atoms with E-state index < -0.39 is 0 Å². The molecule has 0 bridgehead atoms. The summed E-state index contributed by atoms with van der Waals surface area (Å²) in [5.74, 6) is 0. The highest BCUT2D eigenvalue weighted by Crippen LogP contribution is 2.50. The Morgan fingerprint density at radius 3 is 2.05 bits per heavy atom. The molecule has 0 aliphatic rings. The van der Waals surface area contributed by atoms with Gasteiger partial charge in [0, 0.05) is 48.1 Å². The highest BCUT2D eigenvalue weighted by Gasteiger charge is 2.25. The van der Waals surface area contributed by atoms with E-state index in [1.807, 2.05) is 23.5 Å². The van der Waals surface area contributed by atoms with Gasteiger partial charge in [0.15, 0.2) is 5.58 Å². The van der Waals surface area contributed by atoms with Crippen LogP contribution >= 0.6 is 11.3 Å². The zero-order valence-electron chi connectivity index (χ0n) is 21.1. The van der Waals surface area contributed by atoms with Crippen molar-refractivity contribution in [3.05, 3.63) is 115 Å². The Balaban J connectivity index is 1.51. The third kappa shape index (κ3) is 2.50. The summed E-state index contributed by atoms with van der Waals surface area (Å²) in [6.45, 7) is 0. The summed E-state index contributed by atoms with van der Waals surface area (Å²) in [5, 5.41) is 9.62. The number of para-hydroxylation sites is 3. The van der Waals surface area contributed by atoms with Gasteiger partial charge in [0.1, 0.15) is 16.7 Å². The maximum atomic E-state index is 6.69. The number of nitrogens with zero attached hydrogens (tertiary/aromatic N) is 1. The van der Waals surface area contributed by atoms with Crippen molar-refractivity contribution in [2.45, 2.75) is 0 Å². The lowest BCUT2D eigenvalue weighted by Crippen LogP contribution is -1.94. The van der Waals surface area contributed by atoms with Crippen molar-refractivity contribution in [2.24, 2.45) is 0 Å². The van der Waals surface area contributed by atoms with E-state index in [-0.39, 0.29) is 0 Å². The second kappa shape index (κ2) is 7.32. The molecular formula is C36H19NO2S. The first-order valence-corrected chi connectivity index (χ1v) is 14.3. The van der Waals surface area contributed by atoms with Gasteiger partial charge in [0.2, 0.25) is 0 Å². The summed E-state index contributed by atoms with van der Waals surface area (Å²) < 4.78 is 17.8. The molecule has 186 valence electrons. The molecule has 10 aromatic rings. The van der Waals surface area contributed by atoms with E-state index in [9.17, 15) is 0 Å². The predicted octanol–water partition coefficient (Wildman–Crippen LogP) is 11.0. The van der Waals surface area contributed by atoms with Crippen molar-refractivity contribution in [3.8, 4) is 5.69 Å². The lowest BCUT2D eigenvalue weighted by molar-refractivity contribution is 0.669. The fourth-order valence-corrected chi connectivity index (χ4v) is 7.94. The van der Waals surface area contributed by atoms with Gasteiger partial charge in [-0.05, 0) is 42.5 Å². The Morgan fingerprint density at radius 1 is 0.500 bits per heavy atom. The third-order valence-corrected chi connectivity index (χ3v) is 9.55. The first kappa shape index (κ1) is 20.8. The summed E-state index contributed by atoms with van der Waals surface area (Å²) in [5.41, 5.74) is 7.15. The first-order valence-electron chi connectivity index (χ1n) is 13.4. The van der Waals surface area contributed by atoms with Gasteiger partial charge >= 0.3 is 0 Å². The lowest BCUT2D eigenvalue weighted by atomic mass is 10.0. The van der Waals surface area contributed by atoms with E-state index in [1.54, 1.807) is 0 Å². The Hall–Kier alpha value is -5.06. The van der Waals surface area contributed by atoms with Gasteiger partial charge in [-0.25, -0.2) is 0 Å². The summed E-state index contributed by atoms with van der Waals surface area (Å²) >= 11 is 1.82. The molecule has 0 saturated heterocycles. The third-order valence-electron chi connectivity index (χ3n) is 8.38. The maximum Gasteiger partial charge on any atom is 0.155 e. The van der Waals surface area contributed by atoms with Gasteiger partial charge in [0.25, 0.3) is 0 Å². The minimum Gasteiger partial charge on any atom is -0.456 e. The topological polar surface area (TPSA) is 31.2 Å². The van der Waals surface area contributed by atoms with E-state index in [4.69, 9.17) is 8.83 Å². The Morgan fingerprint density at radius 2 is 1.18 bits per heavy atom. The minimum atomic E-state index is 0.899. The van der Waals surface area contributed by atoms with Crippen LogP contribution < -0.4 is 0 Å². The molecule has 0 aliphatic carbocycles. The van der Waals surface area contributed by atoms with Crippen molar-refractivity contribution < 1.29 is 8.83 Å². The Kier molecular flexibility index (Phi) is 3.81. The van der Waals surface area contributed by atoms with Crippen LogP contribution in [0.25, 0.3) is 91.5 Å². The van der Waals surface area contributed by atoms with Gasteiger partial charge in [0.05, 0.1) is 21.1 Å². The molecular weight excluding hydrogens is 510 g/mol. The van der Waals surface area contributed by atoms with E-state index in [1.165, 1.54) is 42.0 Å². The van der Waals surface area contributed by atoms with Crippen molar-refractivity contribution in [3.63, 3.8) is 0 Å². The van der Waals surface area contributed by atoms with E-state index in [2.05, 4.69) is 108 Å². The predicted molar refractivity (Wildman–Crippen MR) is 168 cm³/mol. The van der Waals surface area contributed by atoms with Crippen LogP contribution in [0.3, 0.4) is 0 Å². The molecule has 0 saturated carbocycles. The van der Waals surface area contributed by atoms with Gasteiger partial charge in [-0.2, -0.15) is 0 Å². The fraction of sp³-hybridized carbons (Fsp3) is 0. The van der Waals surface area contributed by atoms with Crippen LogP contribution in [0.4, 0.5) is 0 Å². The van der Waals surface area contributed by atoms with Crippen LogP contribution in [-0.2, 0) is 0 Å². The number of rotatable bonds is 1. The highest BCUT2D eigenvalue weighted by molar-refractivity contribution is 7.27. The van der Waals surface area contributed by atoms with Crippen molar-refractivity contribution >= 4 is 97.2 Å². The van der Waals surface area contributed by atoms with Crippen LogP contribution in [0.2, 0.25) is 0 Å². The number of furan rings is 2. The van der Waals surface area contributed by atoms with Crippen molar-refractivity contribution in [1.29, 1.82) is 0 Å². The van der Waals surface area contributed by atoms with Gasteiger partial charge in [-0.1, -0.05) is 72.8 Å². The fourth-order valence-electron chi connectivity index (χ4n) is 6.75. The number of hydrogen-bond acceptors (Lipinski definition) is 3. The maximum absolute atomic E-state index is 6.69. The summed E-state index contributed by atoms with van der Waals surface area (Å²) in [7, 11) is 0. The number of fused-ring (bicyclic) bond motifs is 15. The van der Waals surface area contributed by atoms with E-state index in [0.29, 0.717) is 0 Å². The Bertz CT molecular complexity index is 2660. The SMILES string of the molecule is c1ccc2c(c1)oc1ccc(-n3c4ccccc4c4c5c6ccccc6sc5c5oc6ccccc6c5c43)cc12. The second-order valence-corrected chi connectivity index (χ2v) is 11.5. The molecule has 0 fully saturated rings. The molecule has 4 heterocycles. The van der Waals surface area contributed by atoms with Crippen LogP contribution in [0, 0.1) is 0 Å². The average Bonchev–Trinajstić information content (AvgIpc) is 3.75. The molecule has 0 aliphatic heterocycles. The van der Waals surface area contributed by atoms with Gasteiger partial charge in [-0.3, -0.25) is 0 Å². The number of thiophene rings is 1. The monoisotopic (exact) mass is 529 g/mol. The Labute approximate surface area is 231 Å². The quantitative estimate of drug-likeness (QED) is 0.212. The molecule has 40 heavy (non-hydrogen) atoms. The second-order valence-electron chi connectivity index (χ2n) is 10.5. The normalized spacial score (nSPS) is 12.5. The van der Waals surface area contributed by atoms with Gasteiger partial charge in [-0.15, -0.1) is 11.3 Å². The zero-order valence-corrected chi connectivity index (χ0v) is 22.0. The van der Waals surface area contributed by atoms with Crippen LogP contribution in [0.5, 0.6) is 0 Å². The highest BCUT2D eigenvalue weighted by atomic mass is 32.1. The summed E-state index contributed by atoms with van der Waals surface area (Å²) in [6, 6.07) is 40.8. The average molecular weight is 530 g/mol. The first-order chi connectivity index (χ1) is 19.8. The summed E-state index contributed by atoms with van der Waals surface area (Å²) in [4.78, 5) is 0. The number of aromatic nitrogens is 1. The smallest absolute Gasteiger partial charge is 0.155 e. The minimum absolute atomic E-state index is 0.899. The van der Waals surface area contributed by atoms with Crippen molar-refractivity contribution in [2.75, 3.05) is 0 Å². The standard InChI is InChI=1S/C36H19NO2S/c1-5-13-26-22(10-1)31-32-24-12-4-8-16-30(24)40-36(32)35-33(23-11-3-7-15-28(23)39-35)34(31)37(26)20-17-18-29-25(19-20)21-9-2-6-14-27(21)38-29/h1-19H. The molecule has 0 N–H and O–H groups in total. The van der Waals surface area contributed by atoms with Gasteiger partial charge < -0.3 is 13.4 Å². The van der Waals surface area contributed by atoms with Crippen molar-refractivity contribution in [1.82, 2.24) is 4.57 Å². The largest absolute Gasteiger partial charge is 0.456 e.